The monoisotopic (exact) mass is 374 g/mol. The second-order valence-corrected chi connectivity index (χ2v) is 5.66. The fourth-order valence-corrected chi connectivity index (χ4v) is 2.69. The Morgan fingerprint density at radius 3 is 2.58 bits per heavy atom. The molecule has 0 fully saturated rings. The third kappa shape index (κ3) is 3.97. The molecule has 0 spiro atoms. The first-order valence-corrected chi connectivity index (χ1v) is 7.98. The Kier molecular flexibility index (Phi) is 5.43. The molecular formula is C19H13ClF2N2O2. The molecule has 7 heteroatoms. The maximum atomic E-state index is 12.7. The molecule has 0 unspecified atom stereocenters. The van der Waals surface area contributed by atoms with Crippen LogP contribution < -0.4 is 10.2 Å². The fraction of sp³-hybridized carbons (Fsp3) is 0.0526. The molecule has 4 nitrogen and oxygen atoms in total. The highest BCUT2D eigenvalue weighted by molar-refractivity contribution is 6.33. The molecule has 3 aromatic rings. The van der Waals surface area contributed by atoms with Crippen molar-refractivity contribution in [3.8, 4) is 5.75 Å². The summed E-state index contributed by atoms with van der Waals surface area (Å²) in [6.07, 6.45) is 1.27. The fourth-order valence-electron chi connectivity index (χ4n) is 2.47. The Bertz CT molecular complexity index is 977. The number of rotatable bonds is 5. The number of hydrazone groups is 1. The van der Waals surface area contributed by atoms with Crippen LogP contribution >= 0.6 is 11.6 Å². The molecule has 0 radical (unpaired) electrons. The largest absolute Gasteiger partial charge is 0.434 e. The Balaban J connectivity index is 1.90. The summed E-state index contributed by atoms with van der Waals surface area (Å²) in [6, 6.07) is 16.8. The summed E-state index contributed by atoms with van der Waals surface area (Å²) < 4.78 is 29.9. The van der Waals surface area contributed by atoms with Crippen LogP contribution in [0.4, 0.5) is 8.78 Å². The first-order valence-electron chi connectivity index (χ1n) is 7.61. The van der Waals surface area contributed by atoms with E-state index in [2.05, 4.69) is 15.3 Å². The van der Waals surface area contributed by atoms with Crippen LogP contribution in [0.5, 0.6) is 5.75 Å². The van der Waals surface area contributed by atoms with Gasteiger partial charge in [-0.1, -0.05) is 54.1 Å². The second-order valence-electron chi connectivity index (χ2n) is 5.26. The lowest BCUT2D eigenvalue weighted by molar-refractivity contribution is -0.0498. The lowest BCUT2D eigenvalue weighted by atomic mass is 10.0. The molecule has 0 aliphatic heterocycles. The lowest BCUT2D eigenvalue weighted by Crippen LogP contribution is -2.18. The molecule has 0 atom stereocenters. The molecule has 1 amide bonds. The molecule has 0 saturated heterocycles. The Hall–Kier alpha value is -2.99. The number of nitrogens with zero attached hydrogens (tertiary/aromatic N) is 1. The predicted molar refractivity (Wildman–Crippen MR) is 97.1 cm³/mol. The van der Waals surface area contributed by atoms with Gasteiger partial charge in [0.2, 0.25) is 0 Å². The van der Waals surface area contributed by atoms with Gasteiger partial charge in [-0.05, 0) is 29.0 Å². The minimum absolute atomic E-state index is 0.0329. The Labute approximate surface area is 153 Å². The Morgan fingerprint density at radius 2 is 1.81 bits per heavy atom. The van der Waals surface area contributed by atoms with Gasteiger partial charge in [-0.25, -0.2) is 5.43 Å². The number of ether oxygens (including phenoxy) is 1. The normalized spacial score (nSPS) is 11.2. The number of benzene rings is 3. The van der Waals surface area contributed by atoms with Crippen LogP contribution in [0.15, 0.2) is 65.8 Å². The number of alkyl halides is 2. The zero-order chi connectivity index (χ0) is 18.5. The molecule has 0 aliphatic rings. The summed E-state index contributed by atoms with van der Waals surface area (Å²) in [5.41, 5.74) is 2.93. The van der Waals surface area contributed by atoms with Gasteiger partial charge in [0.15, 0.2) is 0 Å². The minimum Gasteiger partial charge on any atom is -0.434 e. The number of fused-ring (bicyclic) bond motifs is 1. The summed E-state index contributed by atoms with van der Waals surface area (Å²) in [5.74, 6) is -0.544. The van der Waals surface area contributed by atoms with E-state index in [1.165, 1.54) is 12.3 Å². The van der Waals surface area contributed by atoms with Crippen molar-refractivity contribution >= 4 is 34.5 Å². The maximum Gasteiger partial charge on any atom is 0.387 e. The van der Waals surface area contributed by atoms with Crippen LogP contribution in [-0.4, -0.2) is 18.7 Å². The van der Waals surface area contributed by atoms with Crippen LogP contribution in [0.3, 0.4) is 0 Å². The molecule has 1 N–H and O–H groups in total. The van der Waals surface area contributed by atoms with E-state index in [0.29, 0.717) is 10.9 Å². The molecule has 3 aromatic carbocycles. The van der Waals surface area contributed by atoms with Crippen molar-refractivity contribution < 1.29 is 18.3 Å². The van der Waals surface area contributed by atoms with Gasteiger partial charge in [-0.15, -0.1) is 0 Å². The average molecular weight is 375 g/mol. The molecule has 132 valence electrons. The van der Waals surface area contributed by atoms with Gasteiger partial charge in [-0.3, -0.25) is 4.79 Å². The van der Waals surface area contributed by atoms with Gasteiger partial charge in [0.05, 0.1) is 16.8 Å². The van der Waals surface area contributed by atoms with E-state index in [1.807, 2.05) is 12.1 Å². The van der Waals surface area contributed by atoms with Crippen LogP contribution in [0, 0.1) is 0 Å². The van der Waals surface area contributed by atoms with Gasteiger partial charge >= 0.3 is 6.61 Å². The van der Waals surface area contributed by atoms with E-state index in [9.17, 15) is 13.6 Å². The molecule has 0 aromatic heterocycles. The number of halogens is 3. The molecule has 0 aliphatic carbocycles. The number of carbonyl (C=O) groups is 1. The molecule has 0 bridgehead atoms. The highest BCUT2D eigenvalue weighted by Gasteiger charge is 2.12. The average Bonchev–Trinajstić information content (AvgIpc) is 2.63. The van der Waals surface area contributed by atoms with Crippen molar-refractivity contribution in [2.24, 2.45) is 5.10 Å². The third-order valence-electron chi connectivity index (χ3n) is 3.62. The van der Waals surface area contributed by atoms with Crippen molar-refractivity contribution in [2.45, 2.75) is 6.61 Å². The summed E-state index contributed by atoms with van der Waals surface area (Å²) >= 11 is 5.96. The highest BCUT2D eigenvalue weighted by Crippen LogP contribution is 2.27. The minimum atomic E-state index is -2.97. The van der Waals surface area contributed by atoms with Crippen LogP contribution in [0.25, 0.3) is 10.8 Å². The smallest absolute Gasteiger partial charge is 0.387 e. The SMILES string of the molecule is O=C(N/N=C\c1c(OC(F)F)ccc2ccccc12)c1ccccc1Cl. The van der Waals surface area contributed by atoms with Crippen LogP contribution in [-0.2, 0) is 0 Å². The van der Waals surface area contributed by atoms with E-state index in [-0.39, 0.29) is 16.3 Å². The predicted octanol–water partition coefficient (Wildman–Crippen LogP) is 4.86. The van der Waals surface area contributed by atoms with Crippen molar-refractivity contribution in [3.63, 3.8) is 0 Å². The number of hydrogen-bond acceptors (Lipinski definition) is 3. The van der Waals surface area contributed by atoms with Gasteiger partial charge in [0.25, 0.3) is 5.91 Å². The van der Waals surface area contributed by atoms with Crippen molar-refractivity contribution in [2.75, 3.05) is 0 Å². The van der Waals surface area contributed by atoms with Crippen molar-refractivity contribution in [1.82, 2.24) is 5.43 Å². The van der Waals surface area contributed by atoms with E-state index < -0.39 is 12.5 Å². The molecule has 3 rings (SSSR count). The molecule has 0 saturated carbocycles. The van der Waals surface area contributed by atoms with E-state index in [1.54, 1.807) is 42.5 Å². The summed E-state index contributed by atoms with van der Waals surface area (Å²) in [5, 5.41) is 5.65. The van der Waals surface area contributed by atoms with E-state index >= 15 is 0 Å². The third-order valence-corrected chi connectivity index (χ3v) is 3.95. The zero-order valence-electron chi connectivity index (χ0n) is 13.3. The Morgan fingerprint density at radius 1 is 1.08 bits per heavy atom. The summed E-state index contributed by atoms with van der Waals surface area (Å²) in [4.78, 5) is 12.1. The number of carbonyl (C=O) groups excluding carboxylic acids is 1. The zero-order valence-corrected chi connectivity index (χ0v) is 14.1. The standard InChI is InChI=1S/C19H13ClF2N2O2/c20-16-8-4-3-7-14(16)18(25)24-23-11-15-13-6-2-1-5-12(13)9-10-17(15)26-19(21)22/h1-11,19H,(H,24,25)/b23-11-. The summed E-state index contributed by atoms with van der Waals surface area (Å²) in [7, 11) is 0. The maximum absolute atomic E-state index is 12.7. The first-order chi connectivity index (χ1) is 12.6. The highest BCUT2D eigenvalue weighted by atomic mass is 35.5. The number of nitrogens with one attached hydrogen (secondary N) is 1. The van der Waals surface area contributed by atoms with Gasteiger partial charge in [-0.2, -0.15) is 13.9 Å². The number of amides is 1. The molecule has 0 heterocycles. The van der Waals surface area contributed by atoms with E-state index in [0.717, 1.165) is 5.39 Å². The van der Waals surface area contributed by atoms with E-state index in [4.69, 9.17) is 11.6 Å². The van der Waals surface area contributed by atoms with Crippen molar-refractivity contribution in [3.05, 3.63) is 76.8 Å². The topological polar surface area (TPSA) is 50.7 Å². The van der Waals surface area contributed by atoms with Gasteiger partial charge in [0, 0.05) is 5.56 Å². The van der Waals surface area contributed by atoms with Crippen LogP contribution in [0.2, 0.25) is 5.02 Å². The van der Waals surface area contributed by atoms with Crippen LogP contribution in [0.1, 0.15) is 15.9 Å². The lowest BCUT2D eigenvalue weighted by Gasteiger charge is -2.10. The summed E-state index contributed by atoms with van der Waals surface area (Å²) in [6.45, 7) is -2.97. The van der Waals surface area contributed by atoms with Gasteiger partial charge in [0.1, 0.15) is 5.75 Å². The quantitative estimate of drug-likeness (QED) is 0.512. The number of hydrogen-bond donors (Lipinski definition) is 1. The van der Waals surface area contributed by atoms with Crippen molar-refractivity contribution in [1.29, 1.82) is 0 Å². The molecular weight excluding hydrogens is 362 g/mol. The van der Waals surface area contributed by atoms with Gasteiger partial charge < -0.3 is 4.74 Å². The molecule has 26 heavy (non-hydrogen) atoms. The second kappa shape index (κ2) is 7.93. The first kappa shape index (κ1) is 17.8.